The Morgan fingerprint density at radius 1 is 0.271 bits per heavy atom. The molecule has 0 saturated heterocycles. The Kier molecular flexibility index (Phi) is 12.5. The fourth-order valence-corrected chi connectivity index (χ4v) is 14.6. The molecule has 0 radical (unpaired) electrons. The number of fused-ring (bicyclic) bond motifs is 14. The molecule has 0 fully saturated rings. The molecule has 19 rings (SSSR count). The van der Waals surface area contributed by atoms with Gasteiger partial charge in [-0.2, -0.15) is 0 Å². The van der Waals surface area contributed by atoms with Crippen LogP contribution < -0.4 is 0 Å². The second-order valence-electron chi connectivity index (χ2n) is 24.4. The average molecular weight is 1230 g/mol. The van der Waals surface area contributed by atoms with Crippen LogP contribution in [0, 0.1) is 6.57 Å². The molecule has 5 heterocycles. The van der Waals surface area contributed by atoms with Crippen LogP contribution in [-0.4, -0.2) is 24.1 Å². The predicted octanol–water partition coefficient (Wildman–Crippen LogP) is 23.8. The summed E-state index contributed by atoms with van der Waals surface area (Å²) in [5.74, 6) is 1.39. The van der Waals surface area contributed by atoms with Gasteiger partial charge in [0.15, 0.2) is 17.5 Å². The lowest BCUT2D eigenvalue weighted by Crippen LogP contribution is -2.08. The minimum atomic E-state index is 0.389. The van der Waals surface area contributed by atoms with E-state index in [9.17, 15) is 6.57 Å². The van der Waals surface area contributed by atoms with Crippen molar-refractivity contribution in [2.75, 3.05) is 0 Å². The number of nitrogens with zero attached hydrogens (tertiary/aromatic N) is 6. The zero-order valence-electron chi connectivity index (χ0n) is 51.5. The monoisotopic (exact) mass is 1220 g/mol. The van der Waals surface area contributed by atoms with Gasteiger partial charge in [-0.3, -0.25) is 0 Å². The molecule has 446 valence electrons. The van der Waals surface area contributed by atoms with Crippen LogP contribution in [0.5, 0.6) is 0 Å². The first-order valence-electron chi connectivity index (χ1n) is 32.2. The molecule has 8 heteroatoms. The van der Waals surface area contributed by atoms with Crippen LogP contribution in [0.15, 0.2) is 324 Å². The quantitative estimate of drug-likeness (QED) is 0.128. The van der Waals surface area contributed by atoms with Gasteiger partial charge in [0.25, 0.3) is 0 Å². The van der Waals surface area contributed by atoms with Crippen LogP contribution in [0.25, 0.3) is 194 Å². The minimum Gasteiger partial charge on any atom is -0.455 e. The summed E-state index contributed by atoms with van der Waals surface area (Å²) >= 11 is 0. The van der Waals surface area contributed by atoms with Crippen LogP contribution in [-0.2, 0) is 0 Å². The van der Waals surface area contributed by atoms with Crippen molar-refractivity contribution < 1.29 is 8.83 Å². The molecule has 5 aromatic heterocycles. The number of benzene rings is 14. The lowest BCUT2D eigenvalue weighted by molar-refractivity contribution is 0.672. The molecule has 96 heavy (non-hydrogen) atoms. The Labute approximate surface area is 551 Å². The van der Waals surface area contributed by atoms with Gasteiger partial charge in [0, 0.05) is 54.6 Å². The average Bonchev–Trinajstić information content (AvgIpc) is 1.12. The van der Waals surface area contributed by atoms with Crippen molar-refractivity contribution in [2.45, 2.75) is 0 Å². The van der Waals surface area contributed by atoms with Crippen LogP contribution in [0.2, 0.25) is 0 Å². The van der Waals surface area contributed by atoms with Crippen LogP contribution in [0.1, 0.15) is 0 Å². The minimum absolute atomic E-state index is 0.389. The summed E-state index contributed by atoms with van der Waals surface area (Å²) in [6.45, 7) is 9.66. The molecule has 0 atom stereocenters. The van der Waals surface area contributed by atoms with E-state index < -0.39 is 0 Å². The van der Waals surface area contributed by atoms with E-state index in [0.717, 1.165) is 160 Å². The molecule has 19 aromatic rings. The fraction of sp³-hybridized carbons (Fsp3) is 0. The number of hydrogen-bond acceptors (Lipinski definition) is 5. The third-order valence-corrected chi connectivity index (χ3v) is 19.0. The molecule has 0 saturated carbocycles. The number of aromatic nitrogens is 5. The number of rotatable bonds is 10. The maximum atomic E-state index is 9.66. The molecule has 14 aromatic carbocycles. The summed E-state index contributed by atoms with van der Waals surface area (Å²) in [5, 5.41) is 7.87. The van der Waals surface area contributed by atoms with Crippen molar-refractivity contribution >= 4 is 93.2 Å². The molecular formula is C88H52N6O2. The van der Waals surface area contributed by atoms with Crippen molar-refractivity contribution in [1.29, 1.82) is 0 Å². The lowest BCUT2D eigenvalue weighted by Gasteiger charge is -2.24. The Bertz CT molecular complexity index is 6290. The maximum absolute atomic E-state index is 9.66. The molecule has 0 aliphatic rings. The largest absolute Gasteiger partial charge is 0.455 e. The van der Waals surface area contributed by atoms with Gasteiger partial charge in [0.2, 0.25) is 5.69 Å². The van der Waals surface area contributed by atoms with E-state index in [0.29, 0.717) is 34.4 Å². The summed E-state index contributed by atoms with van der Waals surface area (Å²) in [6, 6.07) is 110. The lowest BCUT2D eigenvalue weighted by atomic mass is 9.94. The highest BCUT2D eigenvalue weighted by Gasteiger charge is 2.32. The van der Waals surface area contributed by atoms with Crippen LogP contribution >= 0.6 is 0 Å². The second-order valence-corrected chi connectivity index (χ2v) is 24.4. The van der Waals surface area contributed by atoms with Crippen LogP contribution in [0.4, 0.5) is 5.69 Å². The van der Waals surface area contributed by atoms with Gasteiger partial charge in [-0.15, -0.1) is 0 Å². The zero-order chi connectivity index (χ0) is 63.4. The summed E-state index contributed by atoms with van der Waals surface area (Å²) in [4.78, 5) is 21.0. The standard InChI is InChI=1S/C88H52N6O2/c1-89-72-53-71(88-91-86(59-33-19-7-20-34-59)90-87(92-88)60-35-21-8-22-36-60)82(93-73-43-37-61(54-23-9-2-10-24-54)51-69(73)80-75(93)45-41-65-67-49-63(56-27-13-4-14-28-56)39-47-77(67)95-84(65)80)79(58-31-17-6-18-32-58)83(72)94-74-44-38-62(55-25-11-3-12-26-55)52-70(74)81-76(94)46-42-66-68-50-64(57-29-15-5-16-30-57)40-48-78(68)96-85(66)81/h2-53H. The first-order chi connectivity index (χ1) is 47.6. The van der Waals surface area contributed by atoms with Crippen molar-refractivity contribution in [3.8, 4) is 101 Å². The highest BCUT2D eigenvalue weighted by molar-refractivity contribution is 6.27. The van der Waals surface area contributed by atoms with E-state index in [-0.39, 0.29) is 0 Å². The van der Waals surface area contributed by atoms with Gasteiger partial charge in [-0.25, -0.2) is 19.8 Å². The second kappa shape index (κ2) is 22.0. The summed E-state index contributed by atoms with van der Waals surface area (Å²) in [5.41, 5.74) is 21.2. The molecule has 0 aliphatic carbocycles. The van der Waals surface area contributed by atoms with Crippen molar-refractivity contribution in [3.63, 3.8) is 0 Å². The Hall–Kier alpha value is -13.2. The normalized spacial score (nSPS) is 11.7. The third-order valence-electron chi connectivity index (χ3n) is 19.0. The summed E-state index contributed by atoms with van der Waals surface area (Å²) < 4.78 is 19.2. The molecule has 0 spiro atoms. The van der Waals surface area contributed by atoms with Gasteiger partial charge < -0.3 is 18.0 Å². The number of furan rings is 2. The zero-order valence-corrected chi connectivity index (χ0v) is 51.5. The van der Waals surface area contributed by atoms with Crippen molar-refractivity contribution in [3.05, 3.63) is 327 Å². The molecule has 0 aliphatic heterocycles. The van der Waals surface area contributed by atoms with E-state index >= 15 is 0 Å². The maximum Gasteiger partial charge on any atom is 0.212 e. The predicted molar refractivity (Wildman–Crippen MR) is 393 cm³/mol. The van der Waals surface area contributed by atoms with E-state index in [1.54, 1.807) is 0 Å². The van der Waals surface area contributed by atoms with E-state index in [4.69, 9.17) is 23.8 Å². The topological polar surface area (TPSA) is 79.2 Å². The van der Waals surface area contributed by atoms with Crippen LogP contribution in [0.3, 0.4) is 0 Å². The van der Waals surface area contributed by atoms with Crippen molar-refractivity contribution in [2.24, 2.45) is 0 Å². The SMILES string of the molecule is [C-]#[N+]c1cc(-c2nc(-c3ccccc3)nc(-c3ccccc3)n2)c(-n2c3ccc(-c4ccccc4)cc3c3c4oc5ccc(-c6ccccc6)cc5c4ccc32)c(-c2ccccc2)c1-n1c2ccc(-c3ccccc3)cc2c2c3oc4ccc(-c5ccccc5)cc4c3ccc21. The molecule has 0 N–H and O–H groups in total. The van der Waals surface area contributed by atoms with Gasteiger partial charge in [-0.05, 0) is 129 Å². The van der Waals surface area contributed by atoms with Gasteiger partial charge in [0.1, 0.15) is 22.3 Å². The molecular weight excluding hydrogens is 1170 g/mol. The van der Waals surface area contributed by atoms with Crippen molar-refractivity contribution in [1.82, 2.24) is 24.1 Å². The summed E-state index contributed by atoms with van der Waals surface area (Å²) in [6.07, 6.45) is 0. The smallest absolute Gasteiger partial charge is 0.212 e. The molecule has 8 nitrogen and oxygen atoms in total. The first-order valence-corrected chi connectivity index (χ1v) is 32.2. The van der Waals surface area contributed by atoms with E-state index in [1.165, 1.54) is 0 Å². The van der Waals surface area contributed by atoms with E-state index in [2.05, 4.69) is 251 Å². The Morgan fingerprint density at radius 2 is 0.604 bits per heavy atom. The highest BCUT2D eigenvalue weighted by atomic mass is 16.3. The summed E-state index contributed by atoms with van der Waals surface area (Å²) in [7, 11) is 0. The van der Waals surface area contributed by atoms with Gasteiger partial charge in [0.05, 0.1) is 50.8 Å². The highest BCUT2D eigenvalue weighted by Crippen LogP contribution is 2.53. The molecule has 0 amide bonds. The Balaban J connectivity index is 0.990. The van der Waals surface area contributed by atoms with Gasteiger partial charge in [-0.1, -0.05) is 237 Å². The van der Waals surface area contributed by atoms with Gasteiger partial charge >= 0.3 is 0 Å². The molecule has 0 bridgehead atoms. The third kappa shape index (κ3) is 8.72. The fourth-order valence-electron chi connectivity index (χ4n) is 14.6. The first kappa shape index (κ1) is 54.5. The molecule has 0 unspecified atom stereocenters. The number of hydrogen-bond donors (Lipinski definition) is 0. The van der Waals surface area contributed by atoms with E-state index in [1.807, 2.05) is 78.9 Å². The Morgan fingerprint density at radius 3 is 1.00 bits per heavy atom.